The van der Waals surface area contributed by atoms with Crippen molar-refractivity contribution in [2.45, 2.75) is 24.8 Å². The molecule has 0 radical (unpaired) electrons. The van der Waals surface area contributed by atoms with E-state index >= 15 is 0 Å². The Kier molecular flexibility index (Phi) is 9.89. The van der Waals surface area contributed by atoms with Gasteiger partial charge < -0.3 is 20.3 Å². The average molecular weight is 554 g/mol. The van der Waals surface area contributed by atoms with Gasteiger partial charge in [0.15, 0.2) is 5.96 Å². The number of hydrogen-bond donors (Lipinski definition) is 2. The minimum absolute atomic E-state index is 0. The molecule has 3 rings (SSSR count). The number of nitrogens with one attached hydrogen (secondary N) is 2. The second kappa shape index (κ2) is 12.2. The van der Waals surface area contributed by atoms with Crippen LogP contribution in [0.5, 0.6) is 0 Å². The lowest BCUT2D eigenvalue weighted by atomic mass is 9.74. The molecule has 0 atom stereocenters. The summed E-state index contributed by atoms with van der Waals surface area (Å²) in [6.07, 6.45) is 1.64. The number of carbonyl (C=O) groups excluding carboxylic acids is 1. The summed E-state index contributed by atoms with van der Waals surface area (Å²) >= 11 is 0. The number of halogens is 2. The van der Waals surface area contributed by atoms with E-state index in [1.165, 1.54) is 6.07 Å². The van der Waals surface area contributed by atoms with Crippen molar-refractivity contribution >= 4 is 35.8 Å². The Bertz CT molecular complexity index is 912. The van der Waals surface area contributed by atoms with E-state index in [0.29, 0.717) is 37.8 Å². The van der Waals surface area contributed by atoms with E-state index in [4.69, 9.17) is 4.74 Å². The van der Waals surface area contributed by atoms with Crippen LogP contribution >= 0.6 is 24.0 Å². The van der Waals surface area contributed by atoms with Crippen LogP contribution < -0.4 is 10.6 Å². The zero-order valence-electron chi connectivity index (χ0n) is 18.9. The zero-order chi connectivity index (χ0) is 22.3. The van der Waals surface area contributed by atoms with Crippen LogP contribution in [0.3, 0.4) is 0 Å². The Labute approximate surface area is 206 Å². The van der Waals surface area contributed by atoms with Gasteiger partial charge in [0.2, 0.25) is 0 Å². The summed E-state index contributed by atoms with van der Waals surface area (Å²) in [6, 6.07) is 14.4. The third kappa shape index (κ3) is 6.65. The predicted molar refractivity (Wildman–Crippen MR) is 136 cm³/mol. The lowest BCUT2D eigenvalue weighted by Gasteiger charge is -2.38. The molecular weight excluding hydrogens is 522 g/mol. The molecule has 0 bridgehead atoms. The monoisotopic (exact) mass is 554 g/mol. The maximum atomic E-state index is 13.9. The molecule has 2 N–H and O–H groups in total. The minimum atomic E-state index is -0.220. The number of carbonyl (C=O) groups is 1. The molecule has 0 spiro atoms. The maximum Gasteiger partial charge on any atom is 0.253 e. The standard InChI is InChI=1S/C24H31FN4O2.HI/c1-26-23(27-16-18-7-9-19(10-8-18)22(30)29(2)3)28-17-24(11-13-31-14-12-24)20-5-4-6-21(25)15-20;/h4-10,15H,11-14,16-17H2,1-3H3,(H2,26,27,28);1H. The summed E-state index contributed by atoms with van der Waals surface area (Å²) < 4.78 is 19.4. The molecule has 2 aromatic carbocycles. The second-order valence-corrected chi connectivity index (χ2v) is 8.08. The lowest BCUT2D eigenvalue weighted by molar-refractivity contribution is 0.0513. The molecule has 1 saturated heterocycles. The van der Waals surface area contributed by atoms with Crippen molar-refractivity contribution in [2.75, 3.05) is 40.9 Å². The predicted octanol–water partition coefficient (Wildman–Crippen LogP) is 3.56. The minimum Gasteiger partial charge on any atom is -0.381 e. The van der Waals surface area contributed by atoms with Gasteiger partial charge in [0.05, 0.1) is 0 Å². The van der Waals surface area contributed by atoms with Gasteiger partial charge in [-0.1, -0.05) is 24.3 Å². The first-order valence-electron chi connectivity index (χ1n) is 10.5. The van der Waals surface area contributed by atoms with Crippen LogP contribution in [0.2, 0.25) is 0 Å². The van der Waals surface area contributed by atoms with Crippen molar-refractivity contribution in [1.29, 1.82) is 0 Å². The van der Waals surface area contributed by atoms with Crippen molar-refractivity contribution in [3.05, 3.63) is 71.0 Å². The fraction of sp³-hybridized carbons (Fsp3) is 0.417. The first kappa shape index (κ1) is 26.1. The molecule has 1 amide bonds. The van der Waals surface area contributed by atoms with Crippen LogP contribution in [0.25, 0.3) is 0 Å². The second-order valence-electron chi connectivity index (χ2n) is 8.08. The highest BCUT2D eigenvalue weighted by Gasteiger charge is 2.34. The van der Waals surface area contributed by atoms with Crippen LogP contribution in [-0.4, -0.2) is 57.7 Å². The molecule has 8 heteroatoms. The zero-order valence-corrected chi connectivity index (χ0v) is 21.2. The lowest BCUT2D eigenvalue weighted by Crippen LogP contribution is -2.48. The number of ether oxygens (including phenoxy) is 1. The van der Waals surface area contributed by atoms with Gasteiger partial charge in [0, 0.05) is 58.4 Å². The Balaban J connectivity index is 0.00000363. The number of aliphatic imine (C=N–C) groups is 1. The van der Waals surface area contributed by atoms with Gasteiger partial charge >= 0.3 is 0 Å². The van der Waals surface area contributed by atoms with Gasteiger partial charge in [0.25, 0.3) is 5.91 Å². The third-order valence-electron chi connectivity index (χ3n) is 5.77. The summed E-state index contributed by atoms with van der Waals surface area (Å²) in [4.78, 5) is 17.9. The Hall–Kier alpha value is -2.20. The molecule has 2 aromatic rings. The summed E-state index contributed by atoms with van der Waals surface area (Å²) in [6.45, 7) is 2.52. The van der Waals surface area contributed by atoms with E-state index < -0.39 is 0 Å². The van der Waals surface area contributed by atoms with Crippen LogP contribution in [0.4, 0.5) is 4.39 Å². The number of benzene rings is 2. The van der Waals surface area contributed by atoms with Crippen LogP contribution in [0.15, 0.2) is 53.5 Å². The van der Waals surface area contributed by atoms with Gasteiger partial charge in [-0.15, -0.1) is 24.0 Å². The fourth-order valence-electron chi connectivity index (χ4n) is 3.83. The summed E-state index contributed by atoms with van der Waals surface area (Å²) in [5, 5.41) is 6.73. The van der Waals surface area contributed by atoms with E-state index in [1.807, 2.05) is 30.3 Å². The molecule has 6 nitrogen and oxygen atoms in total. The quantitative estimate of drug-likeness (QED) is 0.326. The first-order chi connectivity index (χ1) is 14.9. The molecule has 0 saturated carbocycles. The van der Waals surface area contributed by atoms with E-state index in [0.717, 1.165) is 24.0 Å². The molecule has 0 aliphatic carbocycles. The highest BCUT2D eigenvalue weighted by Crippen LogP contribution is 2.34. The number of guanidine groups is 1. The van der Waals surface area contributed by atoms with Crippen molar-refractivity contribution in [3.63, 3.8) is 0 Å². The Morgan fingerprint density at radius 2 is 1.81 bits per heavy atom. The van der Waals surface area contributed by atoms with E-state index in [2.05, 4.69) is 15.6 Å². The van der Waals surface area contributed by atoms with Gasteiger partial charge in [-0.3, -0.25) is 9.79 Å². The third-order valence-corrected chi connectivity index (χ3v) is 5.77. The van der Waals surface area contributed by atoms with Gasteiger partial charge in [-0.2, -0.15) is 0 Å². The normalized spacial score (nSPS) is 15.4. The molecule has 1 aliphatic heterocycles. The molecule has 1 heterocycles. The average Bonchev–Trinajstić information content (AvgIpc) is 2.79. The number of hydrogen-bond acceptors (Lipinski definition) is 3. The number of amides is 1. The molecular formula is C24H32FIN4O2. The number of rotatable bonds is 6. The van der Waals surface area contributed by atoms with Crippen molar-refractivity contribution in [1.82, 2.24) is 15.5 Å². The Morgan fingerprint density at radius 3 is 2.41 bits per heavy atom. The van der Waals surface area contributed by atoms with E-state index in [9.17, 15) is 9.18 Å². The first-order valence-corrected chi connectivity index (χ1v) is 10.5. The van der Waals surface area contributed by atoms with E-state index in [-0.39, 0.29) is 41.1 Å². The van der Waals surface area contributed by atoms with Crippen LogP contribution in [0, 0.1) is 5.82 Å². The van der Waals surface area contributed by atoms with E-state index in [1.54, 1.807) is 38.2 Å². The molecule has 0 aromatic heterocycles. The molecule has 1 aliphatic rings. The Morgan fingerprint density at radius 1 is 1.12 bits per heavy atom. The van der Waals surface area contributed by atoms with Crippen LogP contribution in [0.1, 0.15) is 34.3 Å². The summed E-state index contributed by atoms with van der Waals surface area (Å²) in [5.74, 6) is 0.439. The highest BCUT2D eigenvalue weighted by atomic mass is 127. The molecule has 0 unspecified atom stereocenters. The largest absolute Gasteiger partial charge is 0.381 e. The van der Waals surface area contributed by atoms with Gasteiger partial charge in [0.1, 0.15) is 5.82 Å². The fourth-order valence-corrected chi connectivity index (χ4v) is 3.83. The smallest absolute Gasteiger partial charge is 0.253 e. The number of nitrogens with zero attached hydrogens (tertiary/aromatic N) is 2. The van der Waals surface area contributed by atoms with Gasteiger partial charge in [-0.05, 0) is 48.2 Å². The molecule has 1 fully saturated rings. The SMILES string of the molecule is CN=C(NCc1ccc(C(=O)N(C)C)cc1)NCC1(c2cccc(F)c2)CCOCC1.I. The topological polar surface area (TPSA) is 66.0 Å². The van der Waals surface area contributed by atoms with Crippen molar-refractivity contribution < 1.29 is 13.9 Å². The molecule has 32 heavy (non-hydrogen) atoms. The van der Waals surface area contributed by atoms with Gasteiger partial charge in [-0.25, -0.2) is 4.39 Å². The van der Waals surface area contributed by atoms with Crippen molar-refractivity contribution in [3.8, 4) is 0 Å². The summed E-state index contributed by atoms with van der Waals surface area (Å²) in [7, 11) is 5.21. The highest BCUT2D eigenvalue weighted by molar-refractivity contribution is 14.0. The molecule has 174 valence electrons. The van der Waals surface area contributed by atoms with Crippen LogP contribution in [-0.2, 0) is 16.7 Å². The summed E-state index contributed by atoms with van der Waals surface area (Å²) in [5.41, 5.74) is 2.49. The maximum absolute atomic E-state index is 13.9. The van der Waals surface area contributed by atoms with Crippen molar-refractivity contribution in [2.24, 2.45) is 4.99 Å².